The Labute approximate surface area is 169 Å². The third kappa shape index (κ3) is 7.29. The smallest absolute Gasteiger partial charge is 0.308 e. The van der Waals surface area contributed by atoms with Crippen LogP contribution in [0.1, 0.15) is 39.5 Å². The summed E-state index contributed by atoms with van der Waals surface area (Å²) >= 11 is 0. The predicted molar refractivity (Wildman–Crippen MR) is 113 cm³/mol. The number of likely N-dealkylation sites (tertiary alicyclic amines) is 2. The lowest BCUT2D eigenvalue weighted by atomic mass is 9.97. The van der Waals surface area contributed by atoms with Gasteiger partial charge < -0.3 is 19.9 Å². The van der Waals surface area contributed by atoms with Crippen LogP contribution in [0, 0.1) is 11.8 Å². The summed E-state index contributed by atoms with van der Waals surface area (Å²) in [5, 5.41) is 3.40. The fourth-order valence-corrected chi connectivity index (χ4v) is 3.71. The number of guanidine groups is 1. The Morgan fingerprint density at radius 2 is 1.96 bits per heavy atom. The van der Waals surface area contributed by atoms with E-state index in [1.54, 1.807) is 0 Å². The van der Waals surface area contributed by atoms with Crippen LogP contribution in [0.3, 0.4) is 0 Å². The summed E-state index contributed by atoms with van der Waals surface area (Å²) in [5.41, 5.74) is 0. The van der Waals surface area contributed by atoms with Gasteiger partial charge in [-0.3, -0.25) is 9.79 Å². The minimum atomic E-state index is -0.0733. The van der Waals surface area contributed by atoms with Crippen molar-refractivity contribution in [2.45, 2.75) is 39.5 Å². The van der Waals surface area contributed by atoms with E-state index in [1.807, 2.05) is 0 Å². The number of aliphatic imine (C=N–C) groups is 1. The van der Waals surface area contributed by atoms with E-state index in [0.717, 1.165) is 57.4 Å². The van der Waals surface area contributed by atoms with Crippen molar-refractivity contribution in [3.63, 3.8) is 0 Å². The zero-order valence-electron chi connectivity index (χ0n) is 16.0. The third-order valence-electron chi connectivity index (χ3n) is 5.08. The normalized spacial score (nSPS) is 23.1. The predicted octanol–water partition coefficient (Wildman–Crippen LogP) is 2.19. The van der Waals surface area contributed by atoms with Gasteiger partial charge in [-0.25, -0.2) is 0 Å². The van der Waals surface area contributed by atoms with E-state index >= 15 is 0 Å². The molecule has 0 aliphatic carbocycles. The molecule has 0 saturated carbocycles. The van der Waals surface area contributed by atoms with Gasteiger partial charge in [-0.2, -0.15) is 0 Å². The Hall–Kier alpha value is -0.570. The maximum Gasteiger partial charge on any atom is 0.308 e. The van der Waals surface area contributed by atoms with E-state index in [-0.39, 0.29) is 35.9 Å². The second-order valence-electron chi connectivity index (χ2n) is 7.07. The fraction of sp³-hybridized carbons (Fsp3) is 0.889. The van der Waals surface area contributed by atoms with Gasteiger partial charge in [0, 0.05) is 32.7 Å². The number of piperidine rings is 2. The highest BCUT2D eigenvalue weighted by Gasteiger charge is 2.27. The topological polar surface area (TPSA) is 57.2 Å². The molecule has 0 bridgehead atoms. The van der Waals surface area contributed by atoms with Gasteiger partial charge in [0.2, 0.25) is 0 Å². The molecular formula is C18H35IN4O2. The standard InChI is InChI=1S/C18H34N4O2.HI/c1-4-19-18(20-9-13-21-10-5-6-15(2)14-21)22-11-7-16(8-12-22)17(23)24-3;/h15-16H,4-14H2,1-3H3,(H,19,20);1H. The highest BCUT2D eigenvalue weighted by molar-refractivity contribution is 14.0. The van der Waals surface area contributed by atoms with Gasteiger partial charge >= 0.3 is 5.97 Å². The Morgan fingerprint density at radius 1 is 1.24 bits per heavy atom. The van der Waals surface area contributed by atoms with Crippen molar-refractivity contribution in [2.75, 3.05) is 52.9 Å². The lowest BCUT2D eigenvalue weighted by Crippen LogP contribution is -2.47. The number of carbonyl (C=O) groups is 1. The van der Waals surface area contributed by atoms with Crippen molar-refractivity contribution < 1.29 is 9.53 Å². The van der Waals surface area contributed by atoms with Gasteiger partial charge in [-0.05, 0) is 45.1 Å². The second kappa shape index (κ2) is 11.9. The molecule has 7 heteroatoms. The summed E-state index contributed by atoms with van der Waals surface area (Å²) in [6.45, 7) is 11.3. The molecule has 1 N–H and O–H groups in total. The lowest BCUT2D eigenvalue weighted by Gasteiger charge is -2.33. The molecule has 0 aromatic heterocycles. The molecule has 2 fully saturated rings. The third-order valence-corrected chi connectivity index (χ3v) is 5.08. The van der Waals surface area contributed by atoms with Crippen LogP contribution >= 0.6 is 24.0 Å². The Morgan fingerprint density at radius 3 is 2.56 bits per heavy atom. The molecule has 2 aliphatic rings. The van der Waals surface area contributed by atoms with Crippen LogP contribution in [0.15, 0.2) is 4.99 Å². The number of hydrogen-bond donors (Lipinski definition) is 1. The van der Waals surface area contributed by atoms with Crippen molar-refractivity contribution in [3.8, 4) is 0 Å². The molecule has 25 heavy (non-hydrogen) atoms. The first-order valence-electron chi connectivity index (χ1n) is 9.47. The number of hydrogen-bond acceptors (Lipinski definition) is 4. The molecule has 0 aromatic rings. The first-order valence-corrected chi connectivity index (χ1v) is 9.47. The summed E-state index contributed by atoms with van der Waals surface area (Å²) in [7, 11) is 1.47. The SMILES string of the molecule is CCNC(=NCCN1CCCC(C)C1)N1CCC(C(=O)OC)CC1.I. The van der Waals surface area contributed by atoms with E-state index in [4.69, 9.17) is 9.73 Å². The van der Waals surface area contributed by atoms with E-state index in [0.29, 0.717) is 0 Å². The quantitative estimate of drug-likeness (QED) is 0.292. The zero-order chi connectivity index (χ0) is 17.4. The number of rotatable bonds is 5. The van der Waals surface area contributed by atoms with Gasteiger partial charge in [0.1, 0.15) is 0 Å². The number of halogens is 1. The average Bonchev–Trinajstić information content (AvgIpc) is 2.60. The van der Waals surface area contributed by atoms with E-state index in [1.165, 1.54) is 33.0 Å². The highest BCUT2D eigenvalue weighted by Crippen LogP contribution is 2.18. The Kier molecular flexibility index (Phi) is 10.7. The van der Waals surface area contributed by atoms with E-state index in [9.17, 15) is 4.79 Å². The van der Waals surface area contributed by atoms with Crippen LogP contribution in [0.2, 0.25) is 0 Å². The number of methoxy groups -OCH3 is 1. The van der Waals surface area contributed by atoms with Crippen LogP contribution < -0.4 is 5.32 Å². The molecule has 146 valence electrons. The lowest BCUT2D eigenvalue weighted by molar-refractivity contribution is -0.146. The van der Waals surface area contributed by atoms with Crippen molar-refractivity contribution >= 4 is 35.9 Å². The summed E-state index contributed by atoms with van der Waals surface area (Å²) in [4.78, 5) is 21.3. The first kappa shape index (κ1) is 22.5. The molecule has 2 rings (SSSR count). The van der Waals surface area contributed by atoms with Crippen molar-refractivity contribution in [3.05, 3.63) is 0 Å². The number of carbonyl (C=O) groups excluding carboxylic acids is 1. The minimum absolute atomic E-state index is 0. The summed E-state index contributed by atoms with van der Waals surface area (Å²) in [6.07, 6.45) is 4.37. The minimum Gasteiger partial charge on any atom is -0.469 e. The zero-order valence-corrected chi connectivity index (χ0v) is 18.3. The van der Waals surface area contributed by atoms with Crippen LogP contribution in [-0.4, -0.2) is 74.7 Å². The van der Waals surface area contributed by atoms with Gasteiger partial charge in [-0.1, -0.05) is 6.92 Å². The van der Waals surface area contributed by atoms with Gasteiger partial charge in [0.05, 0.1) is 19.6 Å². The number of esters is 1. The van der Waals surface area contributed by atoms with Crippen LogP contribution in [0.5, 0.6) is 0 Å². The van der Waals surface area contributed by atoms with Gasteiger partial charge in [-0.15, -0.1) is 24.0 Å². The monoisotopic (exact) mass is 466 g/mol. The molecule has 0 spiro atoms. The first-order chi connectivity index (χ1) is 11.6. The van der Waals surface area contributed by atoms with Crippen LogP contribution in [0.25, 0.3) is 0 Å². The molecule has 2 aliphatic heterocycles. The second-order valence-corrected chi connectivity index (χ2v) is 7.07. The summed E-state index contributed by atoms with van der Waals surface area (Å²) in [6, 6.07) is 0. The molecule has 2 heterocycles. The molecule has 2 saturated heterocycles. The maximum atomic E-state index is 11.7. The number of ether oxygens (including phenoxy) is 1. The molecule has 6 nitrogen and oxygen atoms in total. The largest absolute Gasteiger partial charge is 0.469 e. The Bertz CT molecular complexity index is 425. The van der Waals surface area contributed by atoms with Gasteiger partial charge in [0.15, 0.2) is 5.96 Å². The van der Waals surface area contributed by atoms with Crippen molar-refractivity contribution in [1.82, 2.24) is 15.1 Å². The number of nitrogens with zero attached hydrogens (tertiary/aromatic N) is 3. The molecule has 0 amide bonds. The van der Waals surface area contributed by atoms with Crippen LogP contribution in [0.4, 0.5) is 0 Å². The Balaban J connectivity index is 0.00000312. The van der Waals surface area contributed by atoms with Gasteiger partial charge in [0.25, 0.3) is 0 Å². The van der Waals surface area contributed by atoms with Crippen molar-refractivity contribution in [1.29, 1.82) is 0 Å². The van der Waals surface area contributed by atoms with E-state index < -0.39 is 0 Å². The molecule has 0 aromatic carbocycles. The average molecular weight is 466 g/mol. The molecule has 0 radical (unpaired) electrons. The van der Waals surface area contributed by atoms with Crippen LogP contribution in [-0.2, 0) is 9.53 Å². The molecule has 1 unspecified atom stereocenters. The highest BCUT2D eigenvalue weighted by atomic mass is 127. The number of nitrogens with one attached hydrogen (secondary N) is 1. The molecular weight excluding hydrogens is 431 g/mol. The summed E-state index contributed by atoms with van der Waals surface area (Å²) in [5.74, 6) is 1.78. The van der Waals surface area contributed by atoms with E-state index in [2.05, 4.69) is 29.0 Å². The fourth-order valence-electron chi connectivity index (χ4n) is 3.71. The molecule has 1 atom stereocenters. The van der Waals surface area contributed by atoms with Crippen molar-refractivity contribution in [2.24, 2.45) is 16.8 Å². The summed E-state index contributed by atoms with van der Waals surface area (Å²) < 4.78 is 4.86. The maximum absolute atomic E-state index is 11.7.